The zero-order chi connectivity index (χ0) is 21.7. The first-order chi connectivity index (χ1) is 15.1. The Labute approximate surface area is 185 Å². The molecule has 166 valence electrons. The van der Waals surface area contributed by atoms with Crippen LogP contribution < -0.4 is 14.8 Å². The van der Waals surface area contributed by atoms with Gasteiger partial charge in [-0.2, -0.15) is 0 Å². The number of amides is 1. The van der Waals surface area contributed by atoms with Gasteiger partial charge >= 0.3 is 0 Å². The lowest BCUT2D eigenvalue weighted by atomic mass is 9.90. The Balaban J connectivity index is 1.20. The van der Waals surface area contributed by atoms with Crippen molar-refractivity contribution in [2.75, 3.05) is 33.4 Å². The van der Waals surface area contributed by atoms with E-state index in [0.717, 1.165) is 62.4 Å². The summed E-state index contributed by atoms with van der Waals surface area (Å²) in [5.41, 5.74) is 2.70. The van der Waals surface area contributed by atoms with Gasteiger partial charge in [0.15, 0.2) is 0 Å². The topological polar surface area (TPSA) is 50.8 Å². The van der Waals surface area contributed by atoms with Gasteiger partial charge in [-0.25, -0.2) is 0 Å². The standard InChI is InChI=1S/C26H34N2O3/c1-3-31-22-10-8-20(9-11-22)19-28-16-13-26(14-17-28)18-23(26)25(29)27-15-12-21-6-4-5-7-24(21)30-2/h4-11,23H,3,12-19H2,1-2H3,(H,27,29). The van der Waals surface area contributed by atoms with Crippen molar-refractivity contribution in [3.8, 4) is 11.5 Å². The molecule has 1 saturated carbocycles. The number of carbonyl (C=O) groups is 1. The highest BCUT2D eigenvalue weighted by atomic mass is 16.5. The molecule has 2 aromatic rings. The zero-order valence-corrected chi connectivity index (χ0v) is 18.7. The fourth-order valence-corrected chi connectivity index (χ4v) is 4.90. The molecule has 2 aromatic carbocycles. The van der Waals surface area contributed by atoms with Gasteiger partial charge in [0.2, 0.25) is 5.91 Å². The van der Waals surface area contributed by atoms with E-state index >= 15 is 0 Å². The van der Waals surface area contributed by atoms with E-state index in [1.54, 1.807) is 7.11 Å². The highest BCUT2D eigenvalue weighted by Gasteiger charge is 2.58. The molecule has 0 aromatic heterocycles. The molecule has 4 rings (SSSR count). The second-order valence-electron chi connectivity index (χ2n) is 8.83. The van der Waals surface area contributed by atoms with Crippen LogP contribution in [0.25, 0.3) is 0 Å². The van der Waals surface area contributed by atoms with E-state index in [4.69, 9.17) is 9.47 Å². The summed E-state index contributed by atoms with van der Waals surface area (Å²) in [6.07, 6.45) is 4.08. The van der Waals surface area contributed by atoms with Gasteiger partial charge in [0.1, 0.15) is 11.5 Å². The van der Waals surface area contributed by atoms with Gasteiger partial charge in [-0.3, -0.25) is 9.69 Å². The maximum atomic E-state index is 12.7. The summed E-state index contributed by atoms with van der Waals surface area (Å²) in [7, 11) is 1.69. The minimum atomic E-state index is 0.192. The molecule has 1 N–H and O–H groups in total. The first-order valence-electron chi connectivity index (χ1n) is 11.5. The number of para-hydroxylation sites is 1. The largest absolute Gasteiger partial charge is 0.496 e. The predicted molar refractivity (Wildman–Crippen MR) is 122 cm³/mol. The fourth-order valence-electron chi connectivity index (χ4n) is 4.90. The number of nitrogens with one attached hydrogen (secondary N) is 1. The molecule has 31 heavy (non-hydrogen) atoms. The molecule has 1 amide bonds. The van der Waals surface area contributed by atoms with Crippen LogP contribution in [0.5, 0.6) is 11.5 Å². The van der Waals surface area contributed by atoms with Crippen LogP contribution in [-0.2, 0) is 17.8 Å². The molecule has 1 saturated heterocycles. The van der Waals surface area contributed by atoms with E-state index in [1.165, 1.54) is 5.56 Å². The van der Waals surface area contributed by atoms with Crippen LogP contribution in [0.3, 0.4) is 0 Å². The van der Waals surface area contributed by atoms with Crippen molar-refractivity contribution in [1.82, 2.24) is 10.2 Å². The summed E-state index contributed by atoms with van der Waals surface area (Å²) in [6.45, 7) is 6.47. The Morgan fingerprint density at radius 3 is 2.58 bits per heavy atom. The van der Waals surface area contributed by atoms with Crippen LogP contribution in [0.15, 0.2) is 48.5 Å². The van der Waals surface area contributed by atoms with E-state index < -0.39 is 0 Å². The number of ether oxygens (including phenoxy) is 2. The van der Waals surface area contributed by atoms with Gasteiger partial charge in [-0.15, -0.1) is 0 Å². The van der Waals surface area contributed by atoms with Gasteiger partial charge in [0, 0.05) is 19.0 Å². The average Bonchev–Trinajstić information content (AvgIpc) is 3.51. The Hall–Kier alpha value is -2.53. The molecule has 1 aliphatic carbocycles. The van der Waals surface area contributed by atoms with E-state index in [1.807, 2.05) is 25.1 Å². The summed E-state index contributed by atoms with van der Waals surface area (Å²) in [5.74, 6) is 2.24. The van der Waals surface area contributed by atoms with E-state index in [2.05, 4.69) is 40.5 Å². The van der Waals surface area contributed by atoms with Crippen LogP contribution in [0.1, 0.15) is 37.3 Å². The van der Waals surface area contributed by atoms with E-state index in [0.29, 0.717) is 13.2 Å². The molecule has 1 unspecified atom stereocenters. The monoisotopic (exact) mass is 422 g/mol. The van der Waals surface area contributed by atoms with Crippen molar-refractivity contribution in [2.45, 2.75) is 39.2 Å². The Bertz CT molecular complexity index is 872. The third kappa shape index (κ3) is 5.21. The van der Waals surface area contributed by atoms with Crippen molar-refractivity contribution in [1.29, 1.82) is 0 Å². The molecule has 0 bridgehead atoms. The molecule has 2 fully saturated rings. The fraction of sp³-hybridized carbons (Fsp3) is 0.500. The van der Waals surface area contributed by atoms with Crippen molar-refractivity contribution >= 4 is 5.91 Å². The molecule has 0 radical (unpaired) electrons. The zero-order valence-electron chi connectivity index (χ0n) is 18.7. The molecular formula is C26H34N2O3. The maximum Gasteiger partial charge on any atom is 0.223 e. The predicted octanol–water partition coefficient (Wildman–Crippen LogP) is 4.05. The van der Waals surface area contributed by atoms with Crippen molar-refractivity contribution < 1.29 is 14.3 Å². The van der Waals surface area contributed by atoms with Crippen molar-refractivity contribution in [3.63, 3.8) is 0 Å². The molecule has 5 heteroatoms. The number of nitrogens with zero attached hydrogens (tertiary/aromatic N) is 1. The molecule has 2 aliphatic rings. The lowest BCUT2D eigenvalue weighted by Crippen LogP contribution is -2.37. The van der Waals surface area contributed by atoms with Gasteiger partial charge in [-0.05, 0) is 80.4 Å². The summed E-state index contributed by atoms with van der Waals surface area (Å²) in [5, 5.41) is 3.16. The molecular weight excluding hydrogens is 388 g/mol. The molecule has 1 aliphatic heterocycles. The van der Waals surface area contributed by atoms with Crippen LogP contribution in [0.2, 0.25) is 0 Å². The SMILES string of the molecule is CCOc1ccc(CN2CCC3(CC2)CC3C(=O)NCCc2ccccc2OC)cc1. The van der Waals surface area contributed by atoms with E-state index in [-0.39, 0.29) is 17.2 Å². The molecule has 1 spiro atoms. The summed E-state index contributed by atoms with van der Waals surface area (Å²) < 4.78 is 10.9. The highest BCUT2D eigenvalue weighted by molar-refractivity contribution is 5.82. The summed E-state index contributed by atoms with van der Waals surface area (Å²) >= 11 is 0. The van der Waals surface area contributed by atoms with E-state index in [9.17, 15) is 4.79 Å². The number of carbonyl (C=O) groups excluding carboxylic acids is 1. The van der Waals surface area contributed by atoms with Gasteiger partial charge in [0.25, 0.3) is 0 Å². The number of likely N-dealkylation sites (tertiary alicyclic amines) is 1. The first kappa shape index (κ1) is 21.7. The average molecular weight is 423 g/mol. The van der Waals surface area contributed by atoms with Crippen molar-refractivity contribution in [3.05, 3.63) is 59.7 Å². The highest BCUT2D eigenvalue weighted by Crippen LogP contribution is 2.59. The Morgan fingerprint density at radius 2 is 1.87 bits per heavy atom. The smallest absolute Gasteiger partial charge is 0.223 e. The summed E-state index contributed by atoms with van der Waals surface area (Å²) in [4.78, 5) is 15.2. The summed E-state index contributed by atoms with van der Waals surface area (Å²) in [6, 6.07) is 16.4. The lowest BCUT2D eigenvalue weighted by Gasteiger charge is -2.32. The number of hydrogen-bond donors (Lipinski definition) is 1. The van der Waals surface area contributed by atoms with Crippen molar-refractivity contribution in [2.24, 2.45) is 11.3 Å². The number of hydrogen-bond acceptors (Lipinski definition) is 4. The normalized spacial score (nSPS) is 19.7. The van der Waals surface area contributed by atoms with Gasteiger partial charge in [-0.1, -0.05) is 30.3 Å². The van der Waals surface area contributed by atoms with Crippen LogP contribution in [-0.4, -0.2) is 44.2 Å². The first-order valence-corrected chi connectivity index (χ1v) is 11.5. The second-order valence-corrected chi connectivity index (χ2v) is 8.83. The minimum absolute atomic E-state index is 0.192. The molecule has 5 nitrogen and oxygen atoms in total. The van der Waals surface area contributed by atoms with Gasteiger partial charge in [0.05, 0.1) is 13.7 Å². The maximum absolute atomic E-state index is 12.7. The number of methoxy groups -OCH3 is 1. The number of benzene rings is 2. The van der Waals surface area contributed by atoms with Crippen LogP contribution in [0.4, 0.5) is 0 Å². The van der Waals surface area contributed by atoms with Crippen LogP contribution in [0, 0.1) is 11.3 Å². The third-order valence-corrected chi connectivity index (χ3v) is 6.88. The number of piperidine rings is 1. The Kier molecular flexibility index (Phi) is 6.81. The lowest BCUT2D eigenvalue weighted by molar-refractivity contribution is -0.123. The molecule has 1 heterocycles. The third-order valence-electron chi connectivity index (χ3n) is 6.88. The minimum Gasteiger partial charge on any atom is -0.496 e. The molecule has 1 atom stereocenters. The second kappa shape index (κ2) is 9.73. The number of rotatable bonds is 9. The van der Waals surface area contributed by atoms with Gasteiger partial charge < -0.3 is 14.8 Å². The quantitative estimate of drug-likeness (QED) is 0.662. The van der Waals surface area contributed by atoms with Crippen LogP contribution >= 0.6 is 0 Å². The Morgan fingerprint density at radius 1 is 1.13 bits per heavy atom.